The minimum Gasteiger partial charge on any atom is -0.315 e. The molecule has 0 fully saturated rings. The maximum Gasteiger partial charge on any atom is 0.270 e. The predicted molar refractivity (Wildman–Crippen MR) is 104 cm³/mol. The van der Waals surface area contributed by atoms with Crippen LogP contribution in [0.2, 0.25) is 0 Å². The summed E-state index contributed by atoms with van der Waals surface area (Å²) in [5.74, 6) is -1.35. The molecule has 0 bridgehead atoms. The van der Waals surface area contributed by atoms with E-state index >= 15 is 0 Å². The van der Waals surface area contributed by atoms with Crippen LogP contribution in [0.25, 0.3) is 0 Å². The Morgan fingerprint density at radius 1 is 1.14 bits per heavy atom. The van der Waals surface area contributed by atoms with Gasteiger partial charge in [-0.1, -0.05) is 53.6 Å². The zero-order valence-corrected chi connectivity index (χ0v) is 15.4. The molecule has 0 spiro atoms. The van der Waals surface area contributed by atoms with Crippen molar-refractivity contribution < 1.29 is 9.59 Å². The Balaban J connectivity index is 1.45. The summed E-state index contributed by atoms with van der Waals surface area (Å²) in [6.45, 7) is 0.449. The maximum atomic E-state index is 12.8. The van der Waals surface area contributed by atoms with Crippen molar-refractivity contribution in [2.45, 2.75) is 19.4 Å². The zero-order valence-electron chi connectivity index (χ0n) is 15.4. The number of anilines is 2. The lowest BCUT2D eigenvalue weighted by molar-refractivity contribution is -0.130. The van der Waals surface area contributed by atoms with E-state index < -0.39 is 11.8 Å². The molecule has 1 aromatic heterocycles. The lowest BCUT2D eigenvalue weighted by atomic mass is 10.00. The van der Waals surface area contributed by atoms with E-state index in [1.807, 2.05) is 54.6 Å². The van der Waals surface area contributed by atoms with Crippen molar-refractivity contribution in [3.05, 3.63) is 65.7 Å². The first-order chi connectivity index (χ1) is 13.6. The van der Waals surface area contributed by atoms with Crippen molar-refractivity contribution in [1.29, 1.82) is 0 Å². The van der Waals surface area contributed by atoms with Crippen LogP contribution in [-0.2, 0) is 22.6 Å². The van der Waals surface area contributed by atoms with Gasteiger partial charge in [-0.2, -0.15) is 4.80 Å². The molecule has 2 amide bonds. The standard InChI is InChI=1S/C20H20N6O2/c1-25-17-10-6-5-9-15(17)11-12-16(19(25)28)18(27)21-20-22-24-26(23-20)13-14-7-3-2-4-8-14/h2-10,16H,11-13H2,1H3,(H,21,23,27). The smallest absolute Gasteiger partial charge is 0.270 e. The van der Waals surface area contributed by atoms with Crippen LogP contribution >= 0.6 is 0 Å². The Labute approximate surface area is 162 Å². The van der Waals surface area contributed by atoms with Gasteiger partial charge in [0.1, 0.15) is 5.92 Å². The number of hydrogen-bond donors (Lipinski definition) is 1. The van der Waals surface area contributed by atoms with E-state index in [-0.39, 0.29) is 11.9 Å². The van der Waals surface area contributed by atoms with Gasteiger partial charge in [0, 0.05) is 12.7 Å². The van der Waals surface area contributed by atoms with E-state index in [1.165, 1.54) is 4.80 Å². The summed E-state index contributed by atoms with van der Waals surface area (Å²) in [5.41, 5.74) is 2.92. The largest absolute Gasteiger partial charge is 0.315 e. The molecule has 8 nitrogen and oxygen atoms in total. The lowest BCUT2D eigenvalue weighted by Crippen LogP contribution is -2.38. The van der Waals surface area contributed by atoms with E-state index in [9.17, 15) is 9.59 Å². The Hall–Kier alpha value is -3.55. The van der Waals surface area contributed by atoms with Gasteiger partial charge < -0.3 is 4.90 Å². The number of carbonyl (C=O) groups is 2. The molecule has 0 aliphatic carbocycles. The molecular formula is C20H20N6O2. The number of rotatable bonds is 4. The van der Waals surface area contributed by atoms with Crippen molar-refractivity contribution in [2.75, 3.05) is 17.3 Å². The molecule has 1 unspecified atom stereocenters. The van der Waals surface area contributed by atoms with Crippen molar-refractivity contribution >= 4 is 23.5 Å². The zero-order chi connectivity index (χ0) is 19.5. The normalized spacial score (nSPS) is 16.4. The number of nitrogens with zero attached hydrogens (tertiary/aromatic N) is 5. The summed E-state index contributed by atoms with van der Waals surface area (Å²) in [4.78, 5) is 28.5. The van der Waals surface area contributed by atoms with Gasteiger partial charge in [-0.05, 0) is 35.2 Å². The fourth-order valence-corrected chi connectivity index (χ4v) is 3.37. The first-order valence-corrected chi connectivity index (χ1v) is 9.10. The van der Waals surface area contributed by atoms with Crippen molar-refractivity contribution in [1.82, 2.24) is 20.2 Å². The fraction of sp³-hybridized carbons (Fsp3) is 0.250. The number of carbonyl (C=O) groups excluding carboxylic acids is 2. The van der Waals surface area contributed by atoms with Gasteiger partial charge >= 0.3 is 0 Å². The molecule has 2 aromatic carbocycles. The van der Waals surface area contributed by atoms with Crippen LogP contribution < -0.4 is 10.2 Å². The average Bonchev–Trinajstić information content (AvgIpc) is 3.10. The van der Waals surface area contributed by atoms with Gasteiger partial charge in [0.25, 0.3) is 5.95 Å². The van der Waals surface area contributed by atoms with Crippen LogP contribution in [0.5, 0.6) is 0 Å². The van der Waals surface area contributed by atoms with Gasteiger partial charge in [0.15, 0.2) is 0 Å². The molecule has 142 valence electrons. The number of benzene rings is 2. The van der Waals surface area contributed by atoms with Crippen molar-refractivity contribution in [3.8, 4) is 0 Å². The molecule has 1 N–H and O–H groups in total. The highest BCUT2D eigenvalue weighted by molar-refractivity contribution is 6.11. The third-order valence-corrected chi connectivity index (χ3v) is 4.86. The molecule has 1 atom stereocenters. The number of para-hydroxylation sites is 1. The second-order valence-corrected chi connectivity index (χ2v) is 6.74. The number of fused-ring (bicyclic) bond motifs is 1. The number of amides is 2. The van der Waals surface area contributed by atoms with Crippen LogP contribution in [0.3, 0.4) is 0 Å². The number of nitrogens with one attached hydrogen (secondary N) is 1. The average molecular weight is 376 g/mol. The second-order valence-electron chi connectivity index (χ2n) is 6.74. The molecule has 1 aliphatic heterocycles. The molecule has 4 rings (SSSR count). The summed E-state index contributed by atoms with van der Waals surface area (Å²) in [7, 11) is 1.70. The van der Waals surface area contributed by atoms with Crippen LogP contribution in [0.1, 0.15) is 17.5 Å². The Bertz CT molecular complexity index is 1000. The van der Waals surface area contributed by atoms with E-state index in [2.05, 4.69) is 20.7 Å². The third kappa shape index (κ3) is 3.62. The summed E-state index contributed by atoms with van der Waals surface area (Å²) in [6, 6.07) is 17.4. The van der Waals surface area contributed by atoms with E-state index in [0.717, 1.165) is 16.8 Å². The van der Waals surface area contributed by atoms with Crippen LogP contribution in [0, 0.1) is 5.92 Å². The minimum atomic E-state index is -0.793. The minimum absolute atomic E-state index is 0.0955. The number of tetrazole rings is 1. The van der Waals surface area contributed by atoms with Crippen LogP contribution in [0.4, 0.5) is 11.6 Å². The summed E-state index contributed by atoms with van der Waals surface area (Å²) < 4.78 is 0. The number of aryl methyl sites for hydroxylation is 1. The Morgan fingerprint density at radius 2 is 1.89 bits per heavy atom. The first kappa shape index (κ1) is 17.8. The van der Waals surface area contributed by atoms with E-state index in [0.29, 0.717) is 19.4 Å². The van der Waals surface area contributed by atoms with Crippen molar-refractivity contribution in [2.24, 2.45) is 5.92 Å². The topological polar surface area (TPSA) is 93.0 Å². The Morgan fingerprint density at radius 3 is 2.71 bits per heavy atom. The maximum absolute atomic E-state index is 12.8. The van der Waals surface area contributed by atoms with Crippen molar-refractivity contribution in [3.63, 3.8) is 0 Å². The molecule has 1 aliphatic rings. The first-order valence-electron chi connectivity index (χ1n) is 9.10. The van der Waals surface area contributed by atoms with Crippen LogP contribution in [0.15, 0.2) is 54.6 Å². The highest BCUT2D eigenvalue weighted by Crippen LogP contribution is 2.28. The fourth-order valence-electron chi connectivity index (χ4n) is 3.37. The molecular weight excluding hydrogens is 356 g/mol. The molecule has 28 heavy (non-hydrogen) atoms. The molecule has 0 saturated heterocycles. The van der Waals surface area contributed by atoms with Gasteiger partial charge in [-0.3, -0.25) is 14.9 Å². The highest BCUT2D eigenvalue weighted by Gasteiger charge is 2.33. The molecule has 2 heterocycles. The van der Waals surface area contributed by atoms with Gasteiger partial charge in [-0.25, -0.2) is 0 Å². The van der Waals surface area contributed by atoms with Crippen LogP contribution in [-0.4, -0.2) is 39.1 Å². The van der Waals surface area contributed by atoms with Gasteiger partial charge in [0.05, 0.1) is 6.54 Å². The third-order valence-electron chi connectivity index (χ3n) is 4.86. The SMILES string of the molecule is CN1C(=O)C(C(=O)Nc2nnn(Cc3ccccc3)n2)CCc2ccccc21. The quantitative estimate of drug-likeness (QED) is 0.702. The molecule has 3 aromatic rings. The molecule has 0 saturated carbocycles. The lowest BCUT2D eigenvalue weighted by Gasteiger charge is -2.20. The summed E-state index contributed by atoms with van der Waals surface area (Å²) in [6.07, 6.45) is 1.09. The summed E-state index contributed by atoms with van der Waals surface area (Å²) >= 11 is 0. The number of hydrogen-bond acceptors (Lipinski definition) is 5. The highest BCUT2D eigenvalue weighted by atomic mass is 16.2. The van der Waals surface area contributed by atoms with E-state index in [4.69, 9.17) is 0 Å². The van der Waals surface area contributed by atoms with E-state index in [1.54, 1.807) is 11.9 Å². The predicted octanol–water partition coefficient (Wildman–Crippen LogP) is 1.89. The van der Waals surface area contributed by atoms with Gasteiger partial charge in [-0.15, -0.1) is 5.10 Å². The molecule has 8 heteroatoms. The second kappa shape index (κ2) is 7.59. The van der Waals surface area contributed by atoms with Gasteiger partial charge in [0.2, 0.25) is 11.8 Å². The summed E-state index contributed by atoms with van der Waals surface area (Å²) in [5, 5.41) is 14.7. The monoisotopic (exact) mass is 376 g/mol. The molecule has 0 radical (unpaired) electrons. The number of aromatic nitrogens is 4. The Kier molecular flexibility index (Phi) is 4.84.